The molecule has 1 saturated heterocycles. The summed E-state index contributed by atoms with van der Waals surface area (Å²) >= 11 is 0. The maximum atomic E-state index is 12.5. The van der Waals surface area contributed by atoms with Crippen LogP contribution in [0.1, 0.15) is 30.9 Å². The number of benzene rings is 1. The van der Waals surface area contributed by atoms with Crippen molar-refractivity contribution in [2.45, 2.75) is 38.4 Å². The third-order valence-corrected chi connectivity index (χ3v) is 4.18. The monoisotopic (exact) mass is 350 g/mol. The van der Waals surface area contributed by atoms with Crippen LogP contribution in [0.5, 0.6) is 0 Å². The largest absolute Gasteiger partial charge is 0.416 e. The minimum Gasteiger partial charge on any atom is -0.338 e. The van der Waals surface area contributed by atoms with E-state index in [1.165, 1.54) is 12.1 Å². The van der Waals surface area contributed by atoms with Gasteiger partial charge in [0.05, 0.1) is 5.56 Å². The average molecular weight is 351 g/mol. The zero-order valence-electron chi connectivity index (χ0n) is 13.0. The summed E-state index contributed by atoms with van der Waals surface area (Å²) in [5.74, 6) is -0.225. The number of hydrogen-bond acceptors (Lipinski definition) is 2. The highest BCUT2D eigenvalue weighted by Crippen LogP contribution is 2.29. The smallest absolute Gasteiger partial charge is 0.338 e. The van der Waals surface area contributed by atoms with E-state index >= 15 is 0 Å². The topological polar surface area (TPSA) is 46.3 Å². The molecule has 23 heavy (non-hydrogen) atoms. The second-order valence-electron chi connectivity index (χ2n) is 5.86. The Balaban J connectivity index is 0.00000264. The Hall–Kier alpha value is -1.27. The van der Waals surface area contributed by atoms with E-state index < -0.39 is 11.7 Å². The first-order valence-corrected chi connectivity index (χ1v) is 7.49. The normalized spacial score (nSPS) is 19.3. The molecule has 3 nitrogen and oxygen atoms in total. The van der Waals surface area contributed by atoms with Gasteiger partial charge in [0, 0.05) is 25.0 Å². The highest BCUT2D eigenvalue weighted by molar-refractivity contribution is 5.85. The summed E-state index contributed by atoms with van der Waals surface area (Å²) in [6, 6.07) is 5.10. The number of amides is 1. The molecule has 2 atom stereocenters. The molecular weight excluding hydrogens is 329 g/mol. The van der Waals surface area contributed by atoms with Gasteiger partial charge in [-0.1, -0.05) is 19.1 Å². The molecule has 0 aromatic heterocycles. The number of nitrogens with zero attached hydrogens (tertiary/aromatic N) is 1. The van der Waals surface area contributed by atoms with Crippen LogP contribution in [0.3, 0.4) is 0 Å². The molecule has 0 aliphatic carbocycles. The van der Waals surface area contributed by atoms with Gasteiger partial charge in [-0.25, -0.2) is 0 Å². The van der Waals surface area contributed by atoms with Gasteiger partial charge in [0.2, 0.25) is 5.91 Å². The van der Waals surface area contributed by atoms with Crippen molar-refractivity contribution in [2.75, 3.05) is 13.1 Å². The number of alkyl halides is 3. The molecule has 1 amide bonds. The van der Waals surface area contributed by atoms with Crippen molar-refractivity contribution < 1.29 is 18.0 Å². The zero-order chi connectivity index (χ0) is 16.3. The summed E-state index contributed by atoms with van der Waals surface area (Å²) in [5.41, 5.74) is 5.74. The fraction of sp³-hybridized carbons (Fsp3) is 0.562. The molecule has 7 heteroatoms. The third kappa shape index (κ3) is 4.85. The quantitative estimate of drug-likeness (QED) is 0.906. The van der Waals surface area contributed by atoms with Crippen molar-refractivity contribution >= 4 is 18.3 Å². The molecule has 130 valence electrons. The van der Waals surface area contributed by atoms with Crippen LogP contribution < -0.4 is 5.73 Å². The first-order valence-electron chi connectivity index (χ1n) is 7.49. The van der Waals surface area contributed by atoms with Crippen LogP contribution in [-0.4, -0.2) is 29.9 Å². The van der Waals surface area contributed by atoms with Gasteiger partial charge < -0.3 is 10.6 Å². The van der Waals surface area contributed by atoms with Crippen molar-refractivity contribution in [2.24, 2.45) is 11.7 Å². The molecular formula is C16H22ClF3N2O. The van der Waals surface area contributed by atoms with Crippen LogP contribution in [0.15, 0.2) is 24.3 Å². The predicted molar refractivity (Wildman–Crippen MR) is 85.3 cm³/mol. The Morgan fingerprint density at radius 2 is 1.96 bits per heavy atom. The lowest BCUT2D eigenvalue weighted by molar-refractivity contribution is -0.138. The fourth-order valence-electron chi connectivity index (χ4n) is 2.92. The van der Waals surface area contributed by atoms with E-state index in [1.807, 2.05) is 11.8 Å². The van der Waals surface area contributed by atoms with Crippen LogP contribution in [0, 0.1) is 5.92 Å². The summed E-state index contributed by atoms with van der Waals surface area (Å²) in [7, 11) is 0. The Morgan fingerprint density at radius 3 is 2.48 bits per heavy atom. The highest BCUT2D eigenvalue weighted by atomic mass is 35.5. The van der Waals surface area contributed by atoms with Gasteiger partial charge in [-0.05, 0) is 37.0 Å². The second kappa shape index (κ2) is 8.02. The third-order valence-electron chi connectivity index (χ3n) is 4.18. The van der Waals surface area contributed by atoms with Crippen molar-refractivity contribution in [3.05, 3.63) is 35.4 Å². The molecule has 1 fully saturated rings. The van der Waals surface area contributed by atoms with Crippen molar-refractivity contribution in [3.8, 4) is 0 Å². The van der Waals surface area contributed by atoms with Crippen LogP contribution in [0.25, 0.3) is 0 Å². The SMILES string of the molecule is CC(Cc1ccc(C(F)(F)F)cc1)C(=O)N1CCCC1CN.Cl. The van der Waals surface area contributed by atoms with Crippen LogP contribution in [0.2, 0.25) is 0 Å². The molecule has 1 aromatic rings. The van der Waals surface area contributed by atoms with Gasteiger partial charge in [0.1, 0.15) is 0 Å². The van der Waals surface area contributed by atoms with Crippen molar-refractivity contribution in [1.29, 1.82) is 0 Å². The lowest BCUT2D eigenvalue weighted by Gasteiger charge is -2.26. The molecule has 0 bridgehead atoms. The van der Waals surface area contributed by atoms with E-state index in [2.05, 4.69) is 0 Å². The number of carbonyl (C=O) groups excluding carboxylic acids is 1. The van der Waals surface area contributed by atoms with Gasteiger partial charge in [0.25, 0.3) is 0 Å². The summed E-state index contributed by atoms with van der Waals surface area (Å²) < 4.78 is 37.6. The van der Waals surface area contributed by atoms with E-state index in [4.69, 9.17) is 5.73 Å². The molecule has 1 heterocycles. The standard InChI is InChI=1S/C16H21F3N2O.ClH/c1-11(15(22)21-8-2-3-14(21)10-20)9-12-4-6-13(7-5-12)16(17,18)19;/h4-7,11,14H,2-3,8-10,20H2,1H3;1H. The maximum Gasteiger partial charge on any atom is 0.416 e. The van der Waals surface area contributed by atoms with Crippen LogP contribution in [-0.2, 0) is 17.4 Å². The van der Waals surface area contributed by atoms with Gasteiger partial charge in [0.15, 0.2) is 0 Å². The number of halogens is 4. The molecule has 1 aliphatic heterocycles. The van der Waals surface area contributed by atoms with Gasteiger partial charge in [-0.2, -0.15) is 13.2 Å². The number of rotatable bonds is 4. The lowest BCUT2D eigenvalue weighted by Crippen LogP contribution is -2.42. The molecule has 0 radical (unpaired) electrons. The molecule has 0 spiro atoms. The minimum absolute atomic E-state index is 0. The van der Waals surface area contributed by atoms with E-state index in [0.717, 1.165) is 37.1 Å². The first kappa shape index (κ1) is 19.8. The second-order valence-corrected chi connectivity index (χ2v) is 5.86. The minimum atomic E-state index is -4.33. The number of likely N-dealkylation sites (tertiary alicyclic amines) is 1. The summed E-state index contributed by atoms with van der Waals surface area (Å²) in [6.07, 6.45) is -2.01. The van der Waals surface area contributed by atoms with E-state index in [-0.39, 0.29) is 30.3 Å². The zero-order valence-corrected chi connectivity index (χ0v) is 13.8. The Bertz CT molecular complexity index is 519. The van der Waals surface area contributed by atoms with E-state index in [0.29, 0.717) is 13.0 Å². The Kier molecular flexibility index (Phi) is 6.89. The van der Waals surface area contributed by atoms with Gasteiger partial charge >= 0.3 is 6.18 Å². The van der Waals surface area contributed by atoms with Gasteiger partial charge in [-0.3, -0.25) is 4.79 Å². The Labute approximate surface area is 140 Å². The molecule has 1 aromatic carbocycles. The number of hydrogen-bond donors (Lipinski definition) is 1. The lowest BCUT2D eigenvalue weighted by atomic mass is 9.98. The van der Waals surface area contributed by atoms with Crippen molar-refractivity contribution in [1.82, 2.24) is 4.90 Å². The molecule has 0 saturated carbocycles. The number of carbonyl (C=O) groups is 1. The van der Waals surface area contributed by atoms with Crippen LogP contribution in [0.4, 0.5) is 13.2 Å². The van der Waals surface area contributed by atoms with Crippen LogP contribution >= 0.6 is 12.4 Å². The molecule has 1 aliphatic rings. The highest BCUT2D eigenvalue weighted by Gasteiger charge is 2.31. The average Bonchev–Trinajstić information content (AvgIpc) is 2.94. The molecule has 2 N–H and O–H groups in total. The molecule has 2 rings (SSSR count). The van der Waals surface area contributed by atoms with Crippen molar-refractivity contribution in [3.63, 3.8) is 0 Å². The van der Waals surface area contributed by atoms with E-state index in [1.54, 1.807) is 0 Å². The predicted octanol–water partition coefficient (Wildman–Crippen LogP) is 3.26. The van der Waals surface area contributed by atoms with Gasteiger partial charge in [-0.15, -0.1) is 12.4 Å². The first-order chi connectivity index (χ1) is 10.3. The number of nitrogens with two attached hydrogens (primary N) is 1. The Morgan fingerprint density at radius 1 is 1.35 bits per heavy atom. The fourth-order valence-corrected chi connectivity index (χ4v) is 2.92. The summed E-state index contributed by atoms with van der Waals surface area (Å²) in [6.45, 7) is 2.99. The summed E-state index contributed by atoms with van der Waals surface area (Å²) in [5, 5.41) is 0. The maximum absolute atomic E-state index is 12.5. The molecule has 2 unspecified atom stereocenters. The summed E-state index contributed by atoms with van der Waals surface area (Å²) in [4.78, 5) is 14.2. The van der Waals surface area contributed by atoms with E-state index in [9.17, 15) is 18.0 Å².